The Morgan fingerprint density at radius 3 is 2.17 bits per heavy atom. The van der Waals surface area contributed by atoms with Gasteiger partial charge in [0.1, 0.15) is 17.3 Å². The molecule has 0 aliphatic heterocycles. The van der Waals surface area contributed by atoms with Crippen molar-refractivity contribution in [2.75, 3.05) is 18.5 Å². The van der Waals surface area contributed by atoms with Crippen molar-refractivity contribution in [3.63, 3.8) is 0 Å². The number of nitrogens with one attached hydrogen (secondary N) is 1. The average molecular weight is 568 g/mol. The zero-order valence-electron chi connectivity index (χ0n) is 24.6. The molecule has 2 heterocycles. The van der Waals surface area contributed by atoms with Gasteiger partial charge >= 0.3 is 5.69 Å². The standard InChI is InChI=1S/C33H37N5O4/c1-5-13-41-25-16-24(17-26(18-25)42-14-6-2)28-27(19-34)30(36-31-29(28)32(39)38(4)33(40)37(31)3)35-20-21-11-12-22-9-7-8-10-23(22)15-21/h7-12,15-18H,5-6,13-14,19-20,34H2,1-4H3,(H,35,36). The van der Waals surface area contributed by atoms with Gasteiger partial charge in [-0.15, -0.1) is 0 Å². The fourth-order valence-electron chi connectivity index (χ4n) is 5.15. The molecule has 9 heteroatoms. The van der Waals surface area contributed by atoms with Crippen molar-refractivity contribution in [2.24, 2.45) is 19.8 Å². The van der Waals surface area contributed by atoms with Gasteiger partial charge in [0.05, 0.1) is 18.6 Å². The Balaban J connectivity index is 1.73. The minimum atomic E-state index is -0.459. The van der Waals surface area contributed by atoms with E-state index in [0.717, 1.165) is 33.7 Å². The Morgan fingerprint density at radius 1 is 0.857 bits per heavy atom. The molecule has 5 aromatic rings. The molecule has 0 aliphatic carbocycles. The minimum Gasteiger partial charge on any atom is -0.493 e. The third-order valence-corrected chi connectivity index (χ3v) is 7.28. The molecule has 218 valence electrons. The SMILES string of the molecule is CCCOc1cc(OCCC)cc(-c2c(CN)c(NCc3ccc4ccccc4c3)nc3c2c(=O)n(C)c(=O)n3C)c1. The summed E-state index contributed by atoms with van der Waals surface area (Å²) in [6, 6.07) is 20.1. The lowest BCUT2D eigenvalue weighted by atomic mass is 9.96. The molecule has 0 aliphatic rings. The molecule has 0 unspecified atom stereocenters. The topological polar surface area (TPSA) is 113 Å². The summed E-state index contributed by atoms with van der Waals surface area (Å²) >= 11 is 0. The molecular weight excluding hydrogens is 530 g/mol. The molecule has 0 saturated heterocycles. The van der Waals surface area contributed by atoms with Gasteiger partial charge in [-0.1, -0.05) is 50.2 Å². The highest BCUT2D eigenvalue weighted by molar-refractivity contribution is 5.97. The van der Waals surface area contributed by atoms with Crippen LogP contribution in [0.25, 0.3) is 32.9 Å². The first-order valence-electron chi connectivity index (χ1n) is 14.3. The Bertz CT molecular complexity index is 1850. The van der Waals surface area contributed by atoms with Gasteiger partial charge in [-0.25, -0.2) is 9.78 Å². The molecule has 0 atom stereocenters. The summed E-state index contributed by atoms with van der Waals surface area (Å²) in [4.78, 5) is 31.5. The van der Waals surface area contributed by atoms with Crippen LogP contribution in [-0.2, 0) is 27.2 Å². The van der Waals surface area contributed by atoms with E-state index in [-0.39, 0.29) is 12.2 Å². The van der Waals surface area contributed by atoms with E-state index in [4.69, 9.17) is 20.2 Å². The molecule has 3 N–H and O–H groups in total. The third kappa shape index (κ3) is 5.60. The first kappa shape index (κ1) is 28.9. The summed E-state index contributed by atoms with van der Waals surface area (Å²) in [6.07, 6.45) is 1.68. The van der Waals surface area contributed by atoms with Gasteiger partial charge < -0.3 is 20.5 Å². The Labute approximate surface area is 244 Å². The normalized spacial score (nSPS) is 11.3. The van der Waals surface area contributed by atoms with Gasteiger partial charge in [-0.05, 0) is 52.9 Å². The number of aryl methyl sites for hydroxylation is 1. The van der Waals surface area contributed by atoms with Crippen LogP contribution in [0.15, 0.2) is 70.3 Å². The predicted molar refractivity (Wildman–Crippen MR) is 168 cm³/mol. The number of benzene rings is 3. The molecule has 0 fully saturated rings. The predicted octanol–water partition coefficient (Wildman–Crippen LogP) is 5.10. The van der Waals surface area contributed by atoms with Gasteiger partial charge in [-0.2, -0.15) is 0 Å². The second kappa shape index (κ2) is 12.5. The molecule has 3 aromatic carbocycles. The summed E-state index contributed by atoms with van der Waals surface area (Å²) in [5.41, 5.74) is 8.78. The third-order valence-electron chi connectivity index (χ3n) is 7.28. The maximum Gasteiger partial charge on any atom is 0.332 e. The molecule has 0 radical (unpaired) electrons. The number of aromatic nitrogens is 3. The monoisotopic (exact) mass is 567 g/mol. The lowest BCUT2D eigenvalue weighted by Gasteiger charge is -2.20. The number of anilines is 1. The molecule has 2 aromatic heterocycles. The van der Waals surface area contributed by atoms with Crippen molar-refractivity contribution in [1.29, 1.82) is 0 Å². The summed E-state index contributed by atoms with van der Waals surface area (Å²) in [7, 11) is 3.09. The van der Waals surface area contributed by atoms with Crippen molar-refractivity contribution in [1.82, 2.24) is 14.1 Å². The number of ether oxygens (including phenoxy) is 2. The van der Waals surface area contributed by atoms with E-state index in [0.29, 0.717) is 59.2 Å². The van der Waals surface area contributed by atoms with E-state index in [1.54, 1.807) is 7.05 Å². The number of hydrogen-bond acceptors (Lipinski definition) is 7. The van der Waals surface area contributed by atoms with Crippen molar-refractivity contribution in [3.05, 3.63) is 92.6 Å². The maximum atomic E-state index is 13.7. The molecule has 0 bridgehead atoms. The number of hydrogen-bond donors (Lipinski definition) is 2. The zero-order chi connectivity index (χ0) is 29.8. The highest BCUT2D eigenvalue weighted by Gasteiger charge is 2.23. The van der Waals surface area contributed by atoms with Crippen LogP contribution >= 0.6 is 0 Å². The highest BCUT2D eigenvalue weighted by Crippen LogP contribution is 2.37. The van der Waals surface area contributed by atoms with E-state index in [1.807, 2.05) is 44.2 Å². The lowest BCUT2D eigenvalue weighted by molar-refractivity contribution is 0.302. The molecule has 0 spiro atoms. The average Bonchev–Trinajstić information content (AvgIpc) is 3.02. The van der Waals surface area contributed by atoms with Gasteiger partial charge in [0.15, 0.2) is 5.65 Å². The molecular formula is C33H37N5O4. The Morgan fingerprint density at radius 2 is 1.52 bits per heavy atom. The fraction of sp³-hybridized carbons (Fsp3) is 0.303. The largest absolute Gasteiger partial charge is 0.493 e. The Hall–Kier alpha value is -4.63. The quantitative estimate of drug-likeness (QED) is 0.228. The second-order valence-electron chi connectivity index (χ2n) is 10.3. The number of rotatable bonds is 11. The van der Waals surface area contributed by atoms with Crippen LogP contribution in [0.5, 0.6) is 11.5 Å². The van der Waals surface area contributed by atoms with Crippen molar-refractivity contribution < 1.29 is 9.47 Å². The van der Waals surface area contributed by atoms with Crippen LogP contribution in [0.4, 0.5) is 5.82 Å². The van der Waals surface area contributed by atoms with E-state index >= 15 is 0 Å². The van der Waals surface area contributed by atoms with Crippen molar-refractivity contribution in [3.8, 4) is 22.6 Å². The molecule has 9 nitrogen and oxygen atoms in total. The molecule has 5 rings (SSSR count). The molecule has 0 amide bonds. The summed E-state index contributed by atoms with van der Waals surface area (Å²) in [6.45, 7) is 5.73. The summed E-state index contributed by atoms with van der Waals surface area (Å²) < 4.78 is 14.5. The molecule has 0 saturated carbocycles. The smallest absolute Gasteiger partial charge is 0.332 e. The number of pyridine rings is 1. The number of fused-ring (bicyclic) bond motifs is 2. The van der Waals surface area contributed by atoms with E-state index in [1.165, 1.54) is 11.6 Å². The van der Waals surface area contributed by atoms with Gasteiger partial charge in [0, 0.05) is 44.4 Å². The number of nitrogens with two attached hydrogens (primary N) is 1. The van der Waals surface area contributed by atoms with Crippen molar-refractivity contribution in [2.45, 2.75) is 39.8 Å². The summed E-state index contributed by atoms with van der Waals surface area (Å²) in [5.74, 6) is 1.76. The van der Waals surface area contributed by atoms with Gasteiger partial charge in [-0.3, -0.25) is 13.9 Å². The highest BCUT2D eigenvalue weighted by atomic mass is 16.5. The van der Waals surface area contributed by atoms with E-state index in [9.17, 15) is 9.59 Å². The second-order valence-corrected chi connectivity index (χ2v) is 10.3. The Kier molecular flexibility index (Phi) is 8.59. The first-order valence-corrected chi connectivity index (χ1v) is 14.3. The maximum absolute atomic E-state index is 13.7. The van der Waals surface area contributed by atoms with Gasteiger partial charge in [0.25, 0.3) is 5.56 Å². The fourth-order valence-corrected chi connectivity index (χ4v) is 5.15. The van der Waals surface area contributed by atoms with E-state index in [2.05, 4.69) is 35.6 Å². The number of nitrogens with zero attached hydrogens (tertiary/aromatic N) is 3. The van der Waals surface area contributed by atoms with Crippen LogP contribution in [-0.4, -0.2) is 27.3 Å². The van der Waals surface area contributed by atoms with Crippen LogP contribution in [0.1, 0.15) is 37.8 Å². The van der Waals surface area contributed by atoms with Crippen LogP contribution in [0, 0.1) is 0 Å². The lowest BCUT2D eigenvalue weighted by Crippen LogP contribution is -2.38. The van der Waals surface area contributed by atoms with Crippen LogP contribution in [0.3, 0.4) is 0 Å². The zero-order valence-corrected chi connectivity index (χ0v) is 24.6. The molecule has 42 heavy (non-hydrogen) atoms. The van der Waals surface area contributed by atoms with Crippen LogP contribution < -0.4 is 31.8 Å². The summed E-state index contributed by atoms with van der Waals surface area (Å²) in [5, 5.41) is 6.05. The van der Waals surface area contributed by atoms with Crippen LogP contribution in [0.2, 0.25) is 0 Å². The van der Waals surface area contributed by atoms with Crippen molar-refractivity contribution >= 4 is 27.6 Å². The minimum absolute atomic E-state index is 0.107. The van der Waals surface area contributed by atoms with E-state index < -0.39 is 11.2 Å². The van der Waals surface area contributed by atoms with Gasteiger partial charge in [0.2, 0.25) is 0 Å². The first-order chi connectivity index (χ1) is 20.4.